The number of rotatable bonds is 9. The lowest BCUT2D eigenvalue weighted by Gasteiger charge is -2.30. The second kappa shape index (κ2) is 11.6. The molecule has 0 amide bonds. The molecule has 0 radical (unpaired) electrons. The zero-order valence-electron chi connectivity index (χ0n) is 24.2. The normalized spacial score (nSPS) is 14.0. The molecule has 1 aromatic heterocycles. The fourth-order valence-corrected chi connectivity index (χ4v) is 5.10. The number of aromatic nitrogens is 2. The van der Waals surface area contributed by atoms with Gasteiger partial charge in [-0.1, -0.05) is 23.8 Å². The van der Waals surface area contributed by atoms with E-state index in [1.165, 1.54) is 35.1 Å². The van der Waals surface area contributed by atoms with Crippen molar-refractivity contribution in [3.63, 3.8) is 0 Å². The fraction of sp³-hybridized carbons (Fsp3) is 0.333. The zero-order valence-corrected chi connectivity index (χ0v) is 25.0. The van der Waals surface area contributed by atoms with Gasteiger partial charge in [-0.25, -0.2) is 9.48 Å². The maximum Gasteiger partial charge on any atom is 0.421 e. The van der Waals surface area contributed by atoms with Gasteiger partial charge in [0, 0.05) is 11.1 Å². The number of hydrogen-bond acceptors (Lipinski definition) is 8. The molecule has 1 unspecified atom stereocenters. The van der Waals surface area contributed by atoms with Gasteiger partial charge in [0.25, 0.3) is 10.1 Å². The molecule has 2 N–H and O–H groups in total. The second-order valence-corrected chi connectivity index (χ2v) is 12.9. The van der Waals surface area contributed by atoms with Gasteiger partial charge in [-0.2, -0.15) is 26.7 Å². The first kappa shape index (κ1) is 32.0. The third kappa shape index (κ3) is 7.35. The maximum atomic E-state index is 14.0. The molecule has 0 aliphatic carbocycles. The number of halogens is 3. The first-order valence-corrected chi connectivity index (χ1v) is 14.6. The number of esters is 1. The predicted molar refractivity (Wildman–Crippen MR) is 155 cm³/mol. The number of fused-ring (bicyclic) bond motifs is 1. The molecule has 13 heteroatoms. The number of aryl methyl sites for hydroxylation is 2. The molecule has 0 aliphatic heterocycles. The summed E-state index contributed by atoms with van der Waals surface area (Å²) in [6.07, 6.45) is -3.81. The minimum Gasteiger partial charge on any atom is -0.456 e. The molecule has 43 heavy (non-hydrogen) atoms. The van der Waals surface area contributed by atoms with E-state index < -0.39 is 46.6 Å². The summed E-state index contributed by atoms with van der Waals surface area (Å²) in [6.45, 7) is 6.03. The van der Waals surface area contributed by atoms with Crippen LogP contribution in [0.15, 0.2) is 71.8 Å². The molecule has 4 rings (SSSR count). The van der Waals surface area contributed by atoms with Crippen molar-refractivity contribution in [3.8, 4) is 5.69 Å². The summed E-state index contributed by atoms with van der Waals surface area (Å²) < 4.78 is 78.8. The predicted octanol–water partition coefficient (Wildman–Crippen LogP) is 5.71. The highest BCUT2D eigenvalue weighted by Gasteiger charge is 2.55. The highest BCUT2D eigenvalue weighted by Crippen LogP contribution is 2.34. The number of ether oxygens (including phenoxy) is 1. The zero-order chi connectivity index (χ0) is 31.8. The van der Waals surface area contributed by atoms with Crippen molar-refractivity contribution < 1.29 is 40.4 Å². The van der Waals surface area contributed by atoms with Crippen LogP contribution >= 0.6 is 0 Å². The topological polar surface area (TPSA) is 120 Å². The highest BCUT2D eigenvalue weighted by atomic mass is 32.2. The van der Waals surface area contributed by atoms with Gasteiger partial charge in [0.05, 0.1) is 34.4 Å². The number of alkyl halides is 3. The summed E-state index contributed by atoms with van der Waals surface area (Å²) in [5, 5.41) is 18.0. The summed E-state index contributed by atoms with van der Waals surface area (Å²) in [6, 6.07) is 15.3. The van der Waals surface area contributed by atoms with E-state index in [0.717, 1.165) is 5.56 Å². The Hall–Kier alpha value is -3.94. The quantitative estimate of drug-likeness (QED) is 0.181. The van der Waals surface area contributed by atoms with Crippen molar-refractivity contribution in [1.29, 1.82) is 0 Å². The lowest BCUT2D eigenvalue weighted by molar-refractivity contribution is -0.262. The molecule has 9 nitrogen and oxygen atoms in total. The van der Waals surface area contributed by atoms with Crippen LogP contribution in [-0.2, 0) is 19.0 Å². The average Bonchev–Trinajstić information content (AvgIpc) is 3.33. The van der Waals surface area contributed by atoms with Crippen molar-refractivity contribution in [1.82, 2.24) is 9.78 Å². The van der Waals surface area contributed by atoms with Gasteiger partial charge in [0.2, 0.25) is 5.60 Å². The molecule has 0 saturated carbocycles. The number of hydrogen-bond donors (Lipinski definition) is 2. The minimum atomic E-state index is -5.24. The number of nitrogens with zero attached hydrogens (tertiary/aromatic N) is 2. The third-order valence-electron chi connectivity index (χ3n) is 6.42. The Labute approximate surface area is 247 Å². The smallest absolute Gasteiger partial charge is 0.421 e. The van der Waals surface area contributed by atoms with Crippen LogP contribution in [0.4, 0.5) is 18.9 Å². The van der Waals surface area contributed by atoms with Crippen LogP contribution in [0.5, 0.6) is 0 Å². The Balaban J connectivity index is 1.60. The van der Waals surface area contributed by atoms with Crippen LogP contribution < -0.4 is 5.32 Å². The number of benzene rings is 3. The summed E-state index contributed by atoms with van der Waals surface area (Å²) in [7, 11) is -4.58. The van der Waals surface area contributed by atoms with Crippen molar-refractivity contribution in [2.45, 2.75) is 56.9 Å². The fourth-order valence-electron chi connectivity index (χ4n) is 4.14. The van der Waals surface area contributed by atoms with E-state index in [0.29, 0.717) is 22.2 Å². The highest BCUT2D eigenvalue weighted by molar-refractivity contribution is 7.86. The molecule has 0 aliphatic rings. The Morgan fingerprint density at radius 2 is 1.67 bits per heavy atom. The van der Waals surface area contributed by atoms with Crippen molar-refractivity contribution >= 4 is 32.7 Å². The van der Waals surface area contributed by atoms with Gasteiger partial charge < -0.3 is 15.2 Å². The van der Waals surface area contributed by atoms with Crippen LogP contribution in [0.1, 0.15) is 42.3 Å². The van der Waals surface area contributed by atoms with Crippen LogP contribution in [0.25, 0.3) is 16.6 Å². The van der Waals surface area contributed by atoms with E-state index in [1.807, 2.05) is 0 Å². The summed E-state index contributed by atoms with van der Waals surface area (Å²) in [4.78, 5) is 12.3. The first-order valence-electron chi connectivity index (χ1n) is 13.2. The van der Waals surface area contributed by atoms with Crippen molar-refractivity contribution in [3.05, 3.63) is 83.6 Å². The molecular weight excluding hydrogens is 587 g/mol. The standard InChI is InChI=1S/C30H32F3N3O6S/c1-19-9-11-23(12-10-19)43(39,40)41-18-29(38,30(31,32)33)17-34-25-13-20(2)14-26-24(25)16-35-36(26)22-8-6-7-21(15-22)27(37)42-28(3,4)5/h6-16,34,38H,17-18H2,1-5H3. The molecule has 0 saturated heterocycles. The van der Waals surface area contributed by atoms with Gasteiger partial charge in [-0.15, -0.1) is 0 Å². The van der Waals surface area contributed by atoms with Gasteiger partial charge in [-0.05, 0) is 82.6 Å². The van der Waals surface area contributed by atoms with Gasteiger partial charge in [-0.3, -0.25) is 4.18 Å². The lowest BCUT2D eigenvalue weighted by atomic mass is 10.0. The van der Waals surface area contributed by atoms with E-state index in [9.17, 15) is 31.5 Å². The van der Waals surface area contributed by atoms with E-state index >= 15 is 0 Å². The molecule has 0 bridgehead atoms. The van der Waals surface area contributed by atoms with Gasteiger partial charge >= 0.3 is 12.1 Å². The Kier molecular flexibility index (Phi) is 8.65. The summed E-state index contributed by atoms with van der Waals surface area (Å²) in [5.74, 6) is -0.526. The van der Waals surface area contributed by atoms with Gasteiger partial charge in [0.15, 0.2) is 0 Å². The van der Waals surface area contributed by atoms with E-state index in [2.05, 4.69) is 14.6 Å². The monoisotopic (exact) mass is 619 g/mol. The number of nitrogens with one attached hydrogen (secondary N) is 1. The molecule has 3 aromatic carbocycles. The van der Waals surface area contributed by atoms with Crippen molar-refractivity contribution in [2.24, 2.45) is 0 Å². The molecule has 0 spiro atoms. The minimum absolute atomic E-state index is 0.216. The summed E-state index contributed by atoms with van der Waals surface area (Å²) >= 11 is 0. The van der Waals surface area contributed by atoms with E-state index in [1.54, 1.807) is 71.0 Å². The molecule has 4 aromatic rings. The van der Waals surface area contributed by atoms with Crippen LogP contribution in [0.2, 0.25) is 0 Å². The van der Waals surface area contributed by atoms with Crippen LogP contribution in [-0.4, -0.2) is 59.8 Å². The largest absolute Gasteiger partial charge is 0.456 e. The number of carbonyl (C=O) groups excluding carboxylic acids is 1. The average molecular weight is 620 g/mol. The molecule has 1 heterocycles. The van der Waals surface area contributed by atoms with E-state index in [-0.39, 0.29) is 16.1 Å². The molecule has 0 fully saturated rings. The van der Waals surface area contributed by atoms with Crippen LogP contribution in [0, 0.1) is 13.8 Å². The van der Waals surface area contributed by atoms with Crippen molar-refractivity contribution in [2.75, 3.05) is 18.5 Å². The summed E-state index contributed by atoms with van der Waals surface area (Å²) in [5.41, 5.74) is -1.32. The molecular formula is C30H32F3N3O6S. The van der Waals surface area contributed by atoms with Gasteiger partial charge in [0.1, 0.15) is 12.2 Å². The molecule has 230 valence electrons. The maximum absolute atomic E-state index is 14.0. The number of carbonyl (C=O) groups is 1. The Morgan fingerprint density at radius 1 is 1.00 bits per heavy atom. The Bertz CT molecular complexity index is 1750. The third-order valence-corrected chi connectivity index (χ3v) is 7.70. The molecule has 1 atom stereocenters. The SMILES string of the molecule is Cc1ccc(S(=O)(=O)OCC(O)(CNc2cc(C)cc3c2cnn3-c2cccc(C(=O)OC(C)(C)C)c2)C(F)(F)F)cc1. The van der Waals surface area contributed by atoms with E-state index in [4.69, 9.17) is 4.74 Å². The Morgan fingerprint density at radius 3 is 2.30 bits per heavy atom. The second-order valence-electron chi connectivity index (χ2n) is 11.3. The number of aliphatic hydroxyl groups is 1. The lowest BCUT2D eigenvalue weighted by Crippen LogP contribution is -2.54. The first-order chi connectivity index (χ1) is 19.9. The number of anilines is 1. The van der Waals surface area contributed by atoms with Crippen LogP contribution in [0.3, 0.4) is 0 Å².